The first kappa shape index (κ1) is 19.5. The van der Waals surface area contributed by atoms with Crippen molar-refractivity contribution in [3.63, 3.8) is 0 Å². The zero-order valence-electron chi connectivity index (χ0n) is 16.8. The summed E-state index contributed by atoms with van der Waals surface area (Å²) in [6.07, 6.45) is 3.10. The predicted octanol–water partition coefficient (Wildman–Crippen LogP) is 2.45. The van der Waals surface area contributed by atoms with E-state index < -0.39 is 5.91 Å². The lowest BCUT2D eigenvalue weighted by molar-refractivity contribution is -0.117. The van der Waals surface area contributed by atoms with Gasteiger partial charge in [0.25, 0.3) is 0 Å². The van der Waals surface area contributed by atoms with Crippen molar-refractivity contribution in [1.82, 2.24) is 20.1 Å². The number of hydrogen-bond acceptors (Lipinski definition) is 4. The SMILES string of the molecule is CC1(C)CC(Cc2nc(CC(N)=O)nn2Cc2ccccc2)CC(C)(C)N1. The number of nitrogens with two attached hydrogens (primary N) is 1. The molecule has 27 heavy (non-hydrogen) atoms. The van der Waals surface area contributed by atoms with E-state index in [2.05, 4.69) is 55.2 Å². The third-order valence-electron chi connectivity index (χ3n) is 5.05. The van der Waals surface area contributed by atoms with Gasteiger partial charge in [-0.3, -0.25) is 4.79 Å². The summed E-state index contributed by atoms with van der Waals surface area (Å²) < 4.78 is 1.94. The van der Waals surface area contributed by atoms with Crippen LogP contribution in [0, 0.1) is 5.92 Å². The first-order valence-corrected chi connectivity index (χ1v) is 9.66. The highest BCUT2D eigenvalue weighted by molar-refractivity contribution is 5.75. The molecule has 3 N–H and O–H groups in total. The summed E-state index contributed by atoms with van der Waals surface area (Å²) in [6, 6.07) is 10.2. The molecule has 1 aliphatic heterocycles. The fourth-order valence-electron chi connectivity index (χ4n) is 4.63. The van der Waals surface area contributed by atoms with E-state index in [-0.39, 0.29) is 17.5 Å². The van der Waals surface area contributed by atoms with Crippen LogP contribution in [0.4, 0.5) is 0 Å². The van der Waals surface area contributed by atoms with Crippen LogP contribution in [-0.2, 0) is 24.2 Å². The molecule has 3 rings (SSSR count). The summed E-state index contributed by atoms with van der Waals surface area (Å²) in [5.41, 5.74) is 6.70. The highest BCUT2D eigenvalue weighted by Crippen LogP contribution is 2.34. The van der Waals surface area contributed by atoms with E-state index >= 15 is 0 Å². The zero-order chi connectivity index (χ0) is 19.7. The fraction of sp³-hybridized carbons (Fsp3) is 0.571. The number of primary amides is 1. The van der Waals surface area contributed by atoms with E-state index in [9.17, 15) is 4.79 Å². The third kappa shape index (κ3) is 5.39. The second-order valence-electron chi connectivity index (χ2n) is 9.10. The summed E-state index contributed by atoms with van der Waals surface area (Å²) in [5, 5.41) is 8.30. The first-order chi connectivity index (χ1) is 12.6. The maximum Gasteiger partial charge on any atom is 0.225 e. The molecule has 146 valence electrons. The Bertz CT molecular complexity index is 778. The minimum absolute atomic E-state index is 0.0813. The van der Waals surface area contributed by atoms with E-state index in [0.29, 0.717) is 18.3 Å². The molecule has 0 atom stereocenters. The summed E-state index contributed by atoms with van der Waals surface area (Å²) >= 11 is 0. The van der Waals surface area contributed by atoms with Crippen LogP contribution in [0.15, 0.2) is 30.3 Å². The zero-order valence-corrected chi connectivity index (χ0v) is 16.8. The number of carbonyl (C=O) groups excluding carboxylic acids is 1. The first-order valence-electron chi connectivity index (χ1n) is 9.66. The van der Waals surface area contributed by atoms with Gasteiger partial charge < -0.3 is 11.1 Å². The number of aromatic nitrogens is 3. The van der Waals surface area contributed by atoms with Gasteiger partial charge >= 0.3 is 0 Å². The van der Waals surface area contributed by atoms with Gasteiger partial charge in [0.2, 0.25) is 5.91 Å². The van der Waals surface area contributed by atoms with Gasteiger partial charge in [-0.05, 0) is 52.0 Å². The molecule has 0 saturated carbocycles. The van der Waals surface area contributed by atoms with Crippen LogP contribution in [0.25, 0.3) is 0 Å². The van der Waals surface area contributed by atoms with Crippen molar-refractivity contribution in [3.05, 3.63) is 47.5 Å². The number of amides is 1. The largest absolute Gasteiger partial charge is 0.369 e. The van der Waals surface area contributed by atoms with Crippen LogP contribution in [-0.4, -0.2) is 31.7 Å². The number of nitrogens with zero attached hydrogens (tertiary/aromatic N) is 3. The third-order valence-corrected chi connectivity index (χ3v) is 5.05. The molecular weight excluding hydrogens is 338 g/mol. The van der Waals surface area contributed by atoms with Crippen molar-refractivity contribution in [2.24, 2.45) is 11.7 Å². The minimum Gasteiger partial charge on any atom is -0.369 e. The average Bonchev–Trinajstić information content (AvgIpc) is 2.85. The number of benzene rings is 1. The number of carbonyl (C=O) groups is 1. The molecule has 1 aromatic heterocycles. The highest BCUT2D eigenvalue weighted by Gasteiger charge is 2.38. The van der Waals surface area contributed by atoms with Crippen LogP contribution < -0.4 is 11.1 Å². The van der Waals surface area contributed by atoms with Crippen LogP contribution in [0.2, 0.25) is 0 Å². The topological polar surface area (TPSA) is 85.8 Å². The van der Waals surface area contributed by atoms with Crippen molar-refractivity contribution >= 4 is 5.91 Å². The van der Waals surface area contributed by atoms with Crippen LogP contribution in [0.1, 0.15) is 57.7 Å². The van der Waals surface area contributed by atoms with Crippen LogP contribution in [0.3, 0.4) is 0 Å². The molecule has 0 bridgehead atoms. The lowest BCUT2D eigenvalue weighted by atomic mass is 9.74. The van der Waals surface area contributed by atoms with Crippen molar-refractivity contribution < 1.29 is 4.79 Å². The van der Waals surface area contributed by atoms with E-state index in [1.807, 2.05) is 22.9 Å². The Kier molecular flexibility index (Phi) is 5.38. The monoisotopic (exact) mass is 369 g/mol. The van der Waals surface area contributed by atoms with Crippen LogP contribution >= 0.6 is 0 Å². The van der Waals surface area contributed by atoms with Gasteiger partial charge in [0.1, 0.15) is 5.82 Å². The maximum atomic E-state index is 11.3. The van der Waals surface area contributed by atoms with Gasteiger partial charge in [0.15, 0.2) is 5.82 Å². The summed E-state index contributed by atoms with van der Waals surface area (Å²) in [4.78, 5) is 16.0. The number of rotatable bonds is 6. The normalized spacial score (nSPS) is 19.1. The number of piperidine rings is 1. The molecule has 1 amide bonds. The molecule has 1 aromatic carbocycles. The van der Waals surface area contributed by atoms with Gasteiger partial charge in [-0.1, -0.05) is 30.3 Å². The number of nitrogens with one attached hydrogen (secondary N) is 1. The van der Waals surface area contributed by atoms with E-state index in [0.717, 1.165) is 25.1 Å². The minimum atomic E-state index is -0.400. The lowest BCUT2D eigenvalue weighted by Crippen LogP contribution is -2.58. The molecule has 0 spiro atoms. The molecule has 6 heteroatoms. The van der Waals surface area contributed by atoms with E-state index in [1.54, 1.807) is 0 Å². The average molecular weight is 370 g/mol. The quantitative estimate of drug-likeness (QED) is 0.819. The second kappa shape index (κ2) is 7.43. The van der Waals surface area contributed by atoms with Gasteiger partial charge in [-0.15, -0.1) is 0 Å². The van der Waals surface area contributed by atoms with E-state index in [4.69, 9.17) is 5.73 Å². The molecule has 0 unspecified atom stereocenters. The van der Waals surface area contributed by atoms with Crippen LogP contribution in [0.5, 0.6) is 0 Å². The molecule has 1 aliphatic rings. The Morgan fingerprint density at radius 2 is 1.81 bits per heavy atom. The Balaban J connectivity index is 1.84. The van der Waals surface area contributed by atoms with Crippen molar-refractivity contribution in [1.29, 1.82) is 0 Å². The fourth-order valence-corrected chi connectivity index (χ4v) is 4.63. The molecule has 2 aromatic rings. The number of hydrogen-bond donors (Lipinski definition) is 2. The summed E-state index contributed by atoms with van der Waals surface area (Å²) in [5.74, 6) is 1.56. The Hall–Kier alpha value is -2.21. The molecule has 2 heterocycles. The Labute approximate surface area is 161 Å². The van der Waals surface area contributed by atoms with Crippen molar-refractivity contribution in [2.75, 3.05) is 0 Å². The molecule has 0 aliphatic carbocycles. The Morgan fingerprint density at radius 3 is 2.41 bits per heavy atom. The molecular formula is C21H31N5O. The Morgan fingerprint density at radius 1 is 1.19 bits per heavy atom. The molecule has 1 fully saturated rings. The lowest BCUT2D eigenvalue weighted by Gasteiger charge is -2.46. The molecule has 6 nitrogen and oxygen atoms in total. The van der Waals surface area contributed by atoms with Crippen molar-refractivity contribution in [2.45, 2.75) is 71.0 Å². The van der Waals surface area contributed by atoms with Gasteiger partial charge in [-0.2, -0.15) is 5.10 Å². The summed E-state index contributed by atoms with van der Waals surface area (Å²) in [7, 11) is 0. The highest BCUT2D eigenvalue weighted by atomic mass is 16.1. The second-order valence-corrected chi connectivity index (χ2v) is 9.10. The van der Waals surface area contributed by atoms with Gasteiger partial charge in [0.05, 0.1) is 13.0 Å². The maximum absolute atomic E-state index is 11.3. The summed E-state index contributed by atoms with van der Waals surface area (Å²) in [6.45, 7) is 9.68. The smallest absolute Gasteiger partial charge is 0.225 e. The molecule has 0 radical (unpaired) electrons. The van der Waals surface area contributed by atoms with Gasteiger partial charge in [0, 0.05) is 17.5 Å². The molecule has 1 saturated heterocycles. The van der Waals surface area contributed by atoms with E-state index in [1.165, 1.54) is 5.56 Å². The standard InChI is InChI=1S/C21H31N5O/c1-20(2)12-16(13-21(3,4)25-20)10-19-23-18(11-17(22)27)24-26(19)14-15-8-6-5-7-9-15/h5-9,16,25H,10-14H2,1-4H3,(H2,22,27). The predicted molar refractivity (Wildman–Crippen MR) is 106 cm³/mol. The van der Waals surface area contributed by atoms with Gasteiger partial charge in [-0.25, -0.2) is 9.67 Å². The van der Waals surface area contributed by atoms with Crippen molar-refractivity contribution in [3.8, 4) is 0 Å².